The van der Waals surface area contributed by atoms with Crippen LogP contribution < -0.4 is 5.32 Å². The molecule has 0 aliphatic heterocycles. The van der Waals surface area contributed by atoms with Crippen molar-refractivity contribution in [2.24, 2.45) is 0 Å². The zero-order valence-electron chi connectivity index (χ0n) is 11.1. The minimum Gasteiger partial charge on any atom is -0.412 e. The second-order valence-corrected chi connectivity index (χ2v) is 5.26. The molecule has 0 saturated heterocycles. The Labute approximate surface area is 135 Å². The number of halogens is 2. The lowest BCUT2D eigenvalue weighted by molar-refractivity contribution is 0.0991. The van der Waals surface area contributed by atoms with Gasteiger partial charge in [0.2, 0.25) is 5.89 Å². The monoisotopic (exact) mass is 333 g/mol. The topological polar surface area (TPSA) is 68.0 Å². The van der Waals surface area contributed by atoms with Gasteiger partial charge in [-0.15, -0.1) is 10.2 Å². The van der Waals surface area contributed by atoms with Gasteiger partial charge in [-0.1, -0.05) is 35.3 Å². The summed E-state index contributed by atoms with van der Waals surface area (Å²) in [6, 6.07) is 13.7. The molecule has 22 heavy (non-hydrogen) atoms. The standard InChI is InChI=1S/C15H9Cl2N3O2/c16-10-4-1-3-9(7-10)14-19-20-15(22-14)13(21)18-12-6-2-5-11(17)8-12/h1-8H,(H,18,21). The number of hydrogen-bond donors (Lipinski definition) is 1. The van der Waals surface area contributed by atoms with E-state index >= 15 is 0 Å². The lowest BCUT2D eigenvalue weighted by Gasteiger charge is -2.01. The summed E-state index contributed by atoms with van der Waals surface area (Å²) in [5, 5.41) is 11.3. The highest BCUT2D eigenvalue weighted by molar-refractivity contribution is 6.31. The van der Waals surface area contributed by atoms with Crippen LogP contribution in [-0.2, 0) is 0 Å². The van der Waals surface area contributed by atoms with Gasteiger partial charge in [-0.2, -0.15) is 0 Å². The second-order valence-electron chi connectivity index (χ2n) is 4.39. The van der Waals surface area contributed by atoms with Crippen molar-refractivity contribution in [3.05, 3.63) is 64.5 Å². The number of carbonyl (C=O) groups excluding carboxylic acids is 1. The third kappa shape index (κ3) is 3.27. The van der Waals surface area contributed by atoms with E-state index in [9.17, 15) is 4.79 Å². The van der Waals surface area contributed by atoms with Crippen LogP contribution in [0.4, 0.5) is 5.69 Å². The highest BCUT2D eigenvalue weighted by Crippen LogP contribution is 2.22. The molecule has 1 aromatic heterocycles. The maximum absolute atomic E-state index is 12.1. The van der Waals surface area contributed by atoms with Gasteiger partial charge in [0.15, 0.2) is 0 Å². The van der Waals surface area contributed by atoms with E-state index in [-0.39, 0.29) is 11.8 Å². The summed E-state index contributed by atoms with van der Waals surface area (Å²) in [5.41, 5.74) is 1.18. The Bertz CT molecular complexity index is 833. The predicted octanol–water partition coefficient (Wildman–Crippen LogP) is 4.30. The molecule has 3 aromatic rings. The first-order chi connectivity index (χ1) is 10.6. The van der Waals surface area contributed by atoms with E-state index < -0.39 is 5.91 Å². The van der Waals surface area contributed by atoms with E-state index in [1.807, 2.05) is 0 Å². The molecule has 0 aliphatic rings. The lowest BCUT2D eigenvalue weighted by atomic mass is 10.2. The van der Waals surface area contributed by atoms with Gasteiger partial charge in [0.05, 0.1) is 0 Å². The molecule has 0 unspecified atom stereocenters. The minimum absolute atomic E-state index is 0.144. The molecule has 0 spiro atoms. The molecular weight excluding hydrogens is 325 g/mol. The van der Waals surface area contributed by atoms with Crippen molar-refractivity contribution in [3.8, 4) is 11.5 Å². The summed E-state index contributed by atoms with van der Waals surface area (Å²) >= 11 is 11.8. The van der Waals surface area contributed by atoms with Gasteiger partial charge in [-0.25, -0.2) is 0 Å². The van der Waals surface area contributed by atoms with E-state index in [1.165, 1.54) is 0 Å². The lowest BCUT2D eigenvalue weighted by Crippen LogP contribution is -2.12. The zero-order valence-corrected chi connectivity index (χ0v) is 12.6. The predicted molar refractivity (Wildman–Crippen MR) is 84.1 cm³/mol. The Morgan fingerprint density at radius 1 is 1.00 bits per heavy atom. The zero-order chi connectivity index (χ0) is 15.5. The molecule has 110 valence electrons. The van der Waals surface area contributed by atoms with Crippen LogP contribution in [0.3, 0.4) is 0 Å². The fraction of sp³-hybridized carbons (Fsp3) is 0. The number of benzene rings is 2. The first kappa shape index (κ1) is 14.6. The highest BCUT2D eigenvalue weighted by atomic mass is 35.5. The highest BCUT2D eigenvalue weighted by Gasteiger charge is 2.16. The molecule has 0 bridgehead atoms. The third-order valence-electron chi connectivity index (χ3n) is 2.77. The molecule has 3 rings (SSSR count). The average molecular weight is 334 g/mol. The Hall–Kier alpha value is -2.37. The Morgan fingerprint density at radius 2 is 1.73 bits per heavy atom. The van der Waals surface area contributed by atoms with Crippen molar-refractivity contribution >= 4 is 34.8 Å². The van der Waals surface area contributed by atoms with Gasteiger partial charge in [-0.3, -0.25) is 4.79 Å². The van der Waals surface area contributed by atoms with E-state index in [0.717, 1.165) is 0 Å². The van der Waals surface area contributed by atoms with Crippen LogP contribution in [0.1, 0.15) is 10.7 Å². The molecule has 5 nitrogen and oxygen atoms in total. The van der Waals surface area contributed by atoms with Crippen molar-refractivity contribution in [1.82, 2.24) is 10.2 Å². The van der Waals surface area contributed by atoms with Gasteiger partial charge in [0.1, 0.15) is 0 Å². The number of amides is 1. The Kier molecular flexibility index (Phi) is 4.09. The minimum atomic E-state index is -0.511. The van der Waals surface area contributed by atoms with Crippen LogP contribution in [0, 0.1) is 0 Å². The van der Waals surface area contributed by atoms with Crippen molar-refractivity contribution in [1.29, 1.82) is 0 Å². The molecule has 0 aliphatic carbocycles. The number of rotatable bonds is 3. The van der Waals surface area contributed by atoms with Crippen molar-refractivity contribution < 1.29 is 9.21 Å². The fourth-order valence-corrected chi connectivity index (χ4v) is 2.18. The van der Waals surface area contributed by atoms with Crippen molar-refractivity contribution in [2.75, 3.05) is 5.32 Å². The van der Waals surface area contributed by atoms with Crippen LogP contribution in [-0.4, -0.2) is 16.1 Å². The normalized spacial score (nSPS) is 10.5. The number of hydrogen-bond acceptors (Lipinski definition) is 4. The maximum atomic E-state index is 12.1. The van der Waals surface area contributed by atoms with E-state index in [1.54, 1.807) is 48.5 Å². The van der Waals surface area contributed by atoms with Crippen LogP contribution in [0.2, 0.25) is 10.0 Å². The molecular formula is C15H9Cl2N3O2. The van der Waals surface area contributed by atoms with E-state index in [0.29, 0.717) is 21.3 Å². The first-order valence-corrected chi connectivity index (χ1v) is 7.04. The van der Waals surface area contributed by atoms with Gasteiger partial charge < -0.3 is 9.73 Å². The molecule has 1 heterocycles. The van der Waals surface area contributed by atoms with Gasteiger partial charge in [0.25, 0.3) is 0 Å². The summed E-state index contributed by atoms with van der Waals surface area (Å²) in [6.45, 7) is 0. The first-order valence-electron chi connectivity index (χ1n) is 6.28. The molecule has 7 heteroatoms. The summed E-state index contributed by atoms with van der Waals surface area (Å²) in [7, 11) is 0. The molecule has 0 fully saturated rings. The van der Waals surface area contributed by atoms with Crippen molar-refractivity contribution in [3.63, 3.8) is 0 Å². The molecule has 1 N–H and O–H groups in total. The molecule has 1 amide bonds. The van der Waals surface area contributed by atoms with Gasteiger partial charge in [0, 0.05) is 21.3 Å². The third-order valence-corrected chi connectivity index (χ3v) is 3.24. The number of anilines is 1. The fourth-order valence-electron chi connectivity index (χ4n) is 1.80. The smallest absolute Gasteiger partial charge is 0.313 e. The number of nitrogens with zero attached hydrogens (tertiary/aromatic N) is 2. The summed E-state index contributed by atoms with van der Waals surface area (Å²) in [6.07, 6.45) is 0. The second kappa shape index (κ2) is 6.17. The maximum Gasteiger partial charge on any atom is 0.313 e. The van der Waals surface area contributed by atoms with Crippen molar-refractivity contribution in [2.45, 2.75) is 0 Å². The quantitative estimate of drug-likeness (QED) is 0.776. The van der Waals surface area contributed by atoms with Gasteiger partial charge >= 0.3 is 11.8 Å². The van der Waals surface area contributed by atoms with E-state index in [2.05, 4.69) is 15.5 Å². The van der Waals surface area contributed by atoms with Crippen LogP contribution in [0.15, 0.2) is 52.9 Å². The number of aromatic nitrogens is 2. The summed E-state index contributed by atoms with van der Waals surface area (Å²) in [4.78, 5) is 12.1. The average Bonchev–Trinajstić information content (AvgIpc) is 2.97. The van der Waals surface area contributed by atoms with Gasteiger partial charge in [-0.05, 0) is 36.4 Å². The summed E-state index contributed by atoms with van der Waals surface area (Å²) < 4.78 is 5.36. The number of nitrogens with one attached hydrogen (secondary N) is 1. The Morgan fingerprint density at radius 3 is 2.45 bits per heavy atom. The largest absolute Gasteiger partial charge is 0.412 e. The molecule has 0 atom stereocenters. The summed E-state index contributed by atoms with van der Waals surface area (Å²) in [5.74, 6) is -0.434. The molecule has 0 saturated carbocycles. The van der Waals surface area contributed by atoms with Crippen LogP contribution >= 0.6 is 23.2 Å². The Balaban J connectivity index is 1.80. The van der Waals surface area contributed by atoms with Crippen LogP contribution in [0.25, 0.3) is 11.5 Å². The number of carbonyl (C=O) groups is 1. The van der Waals surface area contributed by atoms with E-state index in [4.69, 9.17) is 27.6 Å². The van der Waals surface area contributed by atoms with Crippen LogP contribution in [0.5, 0.6) is 0 Å². The molecule has 0 radical (unpaired) electrons. The SMILES string of the molecule is O=C(Nc1cccc(Cl)c1)c1nnc(-c2cccc(Cl)c2)o1. The molecule has 2 aromatic carbocycles.